The number of nitrogens with two attached hydrogens (primary N) is 1. The molecule has 2 rings (SSSR count). The molecule has 0 spiro atoms. The Hall–Kier alpha value is -0.910. The van der Waals surface area contributed by atoms with Gasteiger partial charge in [-0.3, -0.25) is 4.90 Å². The fourth-order valence-electron chi connectivity index (χ4n) is 3.31. The number of primary sulfonamides is 1. The van der Waals surface area contributed by atoms with Gasteiger partial charge in [-0.15, -0.1) is 0 Å². The van der Waals surface area contributed by atoms with Gasteiger partial charge in [0.2, 0.25) is 10.0 Å². The number of hydrogen-bond donors (Lipinski definition) is 1. The molecule has 0 aromatic heterocycles. The van der Waals surface area contributed by atoms with Crippen LogP contribution in [0.15, 0.2) is 29.2 Å². The molecule has 0 bridgehead atoms. The van der Waals surface area contributed by atoms with Crippen molar-refractivity contribution in [2.45, 2.75) is 56.4 Å². The van der Waals surface area contributed by atoms with Gasteiger partial charge < -0.3 is 0 Å². The van der Waals surface area contributed by atoms with Gasteiger partial charge >= 0.3 is 0 Å². The summed E-state index contributed by atoms with van der Waals surface area (Å²) in [5, 5.41) is 5.13. The van der Waals surface area contributed by atoms with Crippen molar-refractivity contribution < 1.29 is 8.42 Å². The summed E-state index contributed by atoms with van der Waals surface area (Å²) in [4.78, 5) is 2.51. The van der Waals surface area contributed by atoms with E-state index in [0.717, 1.165) is 18.0 Å². The molecule has 22 heavy (non-hydrogen) atoms. The monoisotopic (exact) mass is 324 g/mol. The highest BCUT2D eigenvalue weighted by atomic mass is 32.2. The summed E-state index contributed by atoms with van der Waals surface area (Å²) >= 11 is 0. The minimum atomic E-state index is -3.60. The second-order valence-corrected chi connectivity index (χ2v) is 8.12. The number of hydrogen-bond acceptors (Lipinski definition) is 3. The van der Waals surface area contributed by atoms with Crippen LogP contribution in [0, 0.1) is 5.92 Å². The topological polar surface area (TPSA) is 63.4 Å². The Bertz CT molecular complexity index is 563. The van der Waals surface area contributed by atoms with Gasteiger partial charge in [-0.05, 0) is 57.0 Å². The number of sulfonamides is 1. The zero-order valence-electron chi connectivity index (χ0n) is 13.7. The molecular weight excluding hydrogens is 296 g/mol. The van der Waals surface area contributed by atoms with E-state index in [9.17, 15) is 8.42 Å². The average molecular weight is 324 g/mol. The smallest absolute Gasteiger partial charge is 0.238 e. The maximum absolute atomic E-state index is 11.3. The van der Waals surface area contributed by atoms with Gasteiger partial charge in [0, 0.05) is 6.04 Å². The van der Waals surface area contributed by atoms with Crippen molar-refractivity contribution in [3.8, 4) is 0 Å². The Morgan fingerprint density at radius 1 is 1.23 bits per heavy atom. The summed E-state index contributed by atoms with van der Waals surface area (Å²) in [6.07, 6.45) is 8.21. The molecule has 1 fully saturated rings. The van der Waals surface area contributed by atoms with E-state index in [1.165, 1.54) is 38.5 Å². The lowest BCUT2D eigenvalue weighted by Crippen LogP contribution is -2.24. The predicted molar refractivity (Wildman–Crippen MR) is 90.1 cm³/mol. The van der Waals surface area contributed by atoms with Gasteiger partial charge in [0.25, 0.3) is 0 Å². The molecule has 1 aromatic rings. The Balaban J connectivity index is 1.85. The first-order valence-corrected chi connectivity index (χ1v) is 9.75. The van der Waals surface area contributed by atoms with Crippen LogP contribution in [-0.2, 0) is 10.0 Å². The summed E-state index contributed by atoms with van der Waals surface area (Å²) in [5.74, 6) is 0.942. The van der Waals surface area contributed by atoms with Crippen molar-refractivity contribution >= 4 is 10.0 Å². The van der Waals surface area contributed by atoms with Crippen LogP contribution < -0.4 is 5.14 Å². The molecule has 5 heteroatoms. The van der Waals surface area contributed by atoms with Crippen LogP contribution in [0.25, 0.3) is 0 Å². The quantitative estimate of drug-likeness (QED) is 0.837. The van der Waals surface area contributed by atoms with Crippen LogP contribution in [0.3, 0.4) is 0 Å². The average Bonchev–Trinajstić information content (AvgIpc) is 2.99. The SMILES string of the molecule is C[C@@H](c1ccc(S(N)(=O)=O)cc1)N(C)CCCC1CCCC1. The molecule has 4 nitrogen and oxygen atoms in total. The van der Waals surface area contributed by atoms with Crippen LogP contribution in [0.5, 0.6) is 0 Å². The molecule has 1 aliphatic carbocycles. The second kappa shape index (κ2) is 7.57. The maximum atomic E-state index is 11.3. The fourth-order valence-corrected chi connectivity index (χ4v) is 3.83. The van der Waals surface area contributed by atoms with Crippen LogP contribution in [0.1, 0.15) is 57.1 Å². The van der Waals surface area contributed by atoms with E-state index in [-0.39, 0.29) is 10.9 Å². The molecular formula is C17H28N2O2S. The molecule has 0 saturated heterocycles. The summed E-state index contributed by atoms with van der Waals surface area (Å²) in [6, 6.07) is 7.18. The zero-order chi connectivity index (χ0) is 16.2. The molecule has 1 aliphatic rings. The van der Waals surface area contributed by atoms with E-state index in [4.69, 9.17) is 5.14 Å². The maximum Gasteiger partial charge on any atom is 0.238 e. The summed E-state index contributed by atoms with van der Waals surface area (Å²) in [5.41, 5.74) is 1.12. The third kappa shape index (κ3) is 4.80. The van der Waals surface area contributed by atoms with Gasteiger partial charge in [0.05, 0.1) is 4.90 Å². The Morgan fingerprint density at radius 2 is 1.82 bits per heavy atom. The first-order chi connectivity index (χ1) is 10.4. The lowest BCUT2D eigenvalue weighted by Gasteiger charge is -2.25. The highest BCUT2D eigenvalue weighted by Gasteiger charge is 2.16. The van der Waals surface area contributed by atoms with Crippen molar-refractivity contribution in [3.05, 3.63) is 29.8 Å². The van der Waals surface area contributed by atoms with Crippen LogP contribution in [0.2, 0.25) is 0 Å². The minimum Gasteiger partial charge on any atom is -0.300 e. The number of nitrogens with zero attached hydrogens (tertiary/aromatic N) is 1. The normalized spacial score (nSPS) is 18.0. The van der Waals surface area contributed by atoms with Gasteiger partial charge in [-0.25, -0.2) is 13.6 Å². The third-order valence-electron chi connectivity index (χ3n) is 4.95. The van der Waals surface area contributed by atoms with Crippen molar-refractivity contribution in [1.29, 1.82) is 0 Å². The molecule has 2 N–H and O–H groups in total. The highest BCUT2D eigenvalue weighted by Crippen LogP contribution is 2.29. The molecule has 1 aromatic carbocycles. The summed E-state index contributed by atoms with van der Waals surface area (Å²) in [7, 11) is -1.47. The number of benzene rings is 1. The zero-order valence-corrected chi connectivity index (χ0v) is 14.5. The molecule has 0 unspecified atom stereocenters. The summed E-state index contributed by atoms with van der Waals surface area (Å²) < 4.78 is 22.6. The van der Waals surface area contributed by atoms with Gasteiger partial charge in [-0.1, -0.05) is 37.8 Å². The van der Waals surface area contributed by atoms with Crippen LogP contribution in [0.4, 0.5) is 0 Å². The van der Waals surface area contributed by atoms with Crippen molar-refractivity contribution in [2.75, 3.05) is 13.6 Å². The molecule has 1 atom stereocenters. The fraction of sp³-hybridized carbons (Fsp3) is 0.647. The molecule has 124 valence electrons. The Morgan fingerprint density at radius 3 is 2.36 bits per heavy atom. The standard InChI is InChI=1S/C17H28N2O2S/c1-14(16-9-11-17(12-10-16)22(18,20)21)19(2)13-5-8-15-6-3-4-7-15/h9-12,14-15H,3-8,13H2,1-2H3,(H2,18,20,21)/t14-/m0/s1. The largest absolute Gasteiger partial charge is 0.300 e. The first kappa shape index (κ1) is 17.4. The third-order valence-corrected chi connectivity index (χ3v) is 5.88. The molecule has 0 aliphatic heterocycles. The Kier molecular flexibility index (Phi) is 6.01. The lowest BCUT2D eigenvalue weighted by atomic mass is 10.0. The van der Waals surface area contributed by atoms with Crippen molar-refractivity contribution in [1.82, 2.24) is 4.90 Å². The van der Waals surface area contributed by atoms with Crippen molar-refractivity contribution in [2.24, 2.45) is 11.1 Å². The minimum absolute atomic E-state index is 0.173. The van der Waals surface area contributed by atoms with Crippen molar-refractivity contribution in [3.63, 3.8) is 0 Å². The molecule has 0 heterocycles. The Labute approximate surface area is 134 Å². The molecule has 0 amide bonds. The molecule has 1 saturated carbocycles. The van der Waals surface area contributed by atoms with Gasteiger partial charge in [-0.2, -0.15) is 0 Å². The van der Waals surface area contributed by atoms with E-state index >= 15 is 0 Å². The van der Waals surface area contributed by atoms with E-state index in [1.807, 2.05) is 12.1 Å². The van der Waals surface area contributed by atoms with Gasteiger partial charge in [0.15, 0.2) is 0 Å². The highest BCUT2D eigenvalue weighted by molar-refractivity contribution is 7.89. The second-order valence-electron chi connectivity index (χ2n) is 6.56. The van der Waals surface area contributed by atoms with Gasteiger partial charge in [0.1, 0.15) is 0 Å². The van der Waals surface area contributed by atoms with E-state index in [1.54, 1.807) is 12.1 Å². The summed E-state index contributed by atoms with van der Waals surface area (Å²) in [6.45, 7) is 3.23. The number of rotatable bonds is 7. The van der Waals surface area contributed by atoms with Crippen LogP contribution in [-0.4, -0.2) is 26.9 Å². The lowest BCUT2D eigenvalue weighted by molar-refractivity contribution is 0.249. The van der Waals surface area contributed by atoms with Crippen LogP contribution >= 0.6 is 0 Å². The van der Waals surface area contributed by atoms with E-state index in [0.29, 0.717) is 0 Å². The first-order valence-electron chi connectivity index (χ1n) is 8.21. The predicted octanol–water partition coefficient (Wildman–Crippen LogP) is 3.30. The van der Waals surface area contributed by atoms with E-state index < -0.39 is 10.0 Å². The van der Waals surface area contributed by atoms with E-state index in [2.05, 4.69) is 18.9 Å². The molecule has 0 radical (unpaired) electrons.